The molecule has 0 aromatic rings. The molecule has 0 fully saturated rings. The topological polar surface area (TPSA) is 9.23 Å². The maximum absolute atomic E-state index is 5.88. The third kappa shape index (κ3) is 4.66. The minimum absolute atomic E-state index is 0.166. The highest BCUT2D eigenvalue weighted by Gasteiger charge is 2.25. The van der Waals surface area contributed by atoms with Crippen LogP contribution in [0.1, 0.15) is 60.3 Å². The van der Waals surface area contributed by atoms with Crippen molar-refractivity contribution in [1.82, 2.24) is 0 Å². The lowest BCUT2D eigenvalue weighted by atomic mass is 9.88. The van der Waals surface area contributed by atoms with Crippen molar-refractivity contribution in [3.63, 3.8) is 0 Å². The third-order valence-corrected chi connectivity index (χ3v) is 2.92. The Bertz CT molecular complexity index is 114. The maximum atomic E-state index is 5.88. The van der Waals surface area contributed by atoms with Crippen molar-refractivity contribution < 1.29 is 4.74 Å². The zero-order valence-electron chi connectivity index (χ0n) is 10.0. The highest BCUT2D eigenvalue weighted by molar-refractivity contribution is 4.77. The Balaban J connectivity index is 4.04. The van der Waals surface area contributed by atoms with Gasteiger partial charge in [-0.3, -0.25) is 0 Å². The average molecular weight is 186 g/mol. The van der Waals surface area contributed by atoms with Crippen molar-refractivity contribution in [2.24, 2.45) is 5.92 Å². The zero-order valence-corrected chi connectivity index (χ0v) is 10.0. The van der Waals surface area contributed by atoms with E-state index in [1.54, 1.807) is 0 Å². The lowest BCUT2D eigenvalue weighted by Gasteiger charge is -2.32. The maximum Gasteiger partial charge on any atom is 0.0677 e. The van der Waals surface area contributed by atoms with Gasteiger partial charge in [-0.2, -0.15) is 0 Å². The Morgan fingerprint density at radius 3 is 1.92 bits per heavy atom. The highest BCUT2D eigenvalue weighted by atomic mass is 16.5. The summed E-state index contributed by atoms with van der Waals surface area (Å²) in [5.41, 5.74) is 0.166. The van der Waals surface area contributed by atoms with Crippen LogP contribution in [0, 0.1) is 5.92 Å². The van der Waals surface area contributed by atoms with Crippen molar-refractivity contribution in [3.8, 4) is 0 Å². The molecule has 0 rings (SSSR count). The Morgan fingerprint density at radius 2 is 1.62 bits per heavy atom. The fourth-order valence-corrected chi connectivity index (χ4v) is 1.74. The Morgan fingerprint density at radius 1 is 1.08 bits per heavy atom. The van der Waals surface area contributed by atoms with Crippen LogP contribution in [0.15, 0.2) is 0 Å². The fourth-order valence-electron chi connectivity index (χ4n) is 1.74. The Hall–Kier alpha value is -0.0400. The van der Waals surface area contributed by atoms with Crippen molar-refractivity contribution in [1.29, 1.82) is 0 Å². The van der Waals surface area contributed by atoms with Gasteiger partial charge in [0.1, 0.15) is 0 Å². The van der Waals surface area contributed by atoms with Gasteiger partial charge in [-0.15, -0.1) is 0 Å². The van der Waals surface area contributed by atoms with Crippen LogP contribution in [-0.4, -0.2) is 12.2 Å². The smallest absolute Gasteiger partial charge is 0.0677 e. The molecule has 0 atom stereocenters. The number of hydrogen-bond acceptors (Lipinski definition) is 1. The summed E-state index contributed by atoms with van der Waals surface area (Å²) in [6, 6.07) is 0. The number of rotatable bonds is 7. The van der Waals surface area contributed by atoms with Gasteiger partial charge in [0.25, 0.3) is 0 Å². The molecular formula is C12H26O. The molecular weight excluding hydrogens is 160 g/mol. The van der Waals surface area contributed by atoms with Crippen LogP contribution in [0.25, 0.3) is 0 Å². The summed E-state index contributed by atoms with van der Waals surface area (Å²) in [4.78, 5) is 0. The summed E-state index contributed by atoms with van der Waals surface area (Å²) < 4.78 is 5.88. The van der Waals surface area contributed by atoms with E-state index < -0.39 is 0 Å². The molecule has 0 amide bonds. The first-order chi connectivity index (χ1) is 6.10. The second kappa shape index (κ2) is 6.42. The monoisotopic (exact) mass is 186 g/mol. The molecule has 0 N–H and O–H groups in total. The second-order valence-electron chi connectivity index (χ2n) is 4.26. The molecule has 0 bridgehead atoms. The fraction of sp³-hybridized carbons (Fsp3) is 1.00. The first kappa shape index (κ1) is 13.0. The van der Waals surface area contributed by atoms with Crippen LogP contribution < -0.4 is 0 Å². The minimum Gasteiger partial charge on any atom is -0.375 e. The summed E-state index contributed by atoms with van der Waals surface area (Å²) in [7, 11) is 0. The molecule has 0 spiro atoms. The van der Waals surface area contributed by atoms with Crippen LogP contribution in [0.5, 0.6) is 0 Å². The van der Waals surface area contributed by atoms with Gasteiger partial charge < -0.3 is 4.74 Å². The number of hydrogen-bond donors (Lipinski definition) is 0. The van der Waals surface area contributed by atoms with Crippen LogP contribution in [0.2, 0.25) is 0 Å². The molecule has 13 heavy (non-hydrogen) atoms. The molecule has 0 aromatic heterocycles. The molecule has 0 unspecified atom stereocenters. The van der Waals surface area contributed by atoms with Crippen LogP contribution >= 0.6 is 0 Å². The van der Waals surface area contributed by atoms with Gasteiger partial charge in [-0.25, -0.2) is 0 Å². The summed E-state index contributed by atoms with van der Waals surface area (Å²) in [6.07, 6.45) is 4.78. The molecule has 1 nitrogen and oxygen atoms in total. The molecule has 0 aliphatic rings. The van der Waals surface area contributed by atoms with Crippen molar-refractivity contribution >= 4 is 0 Å². The van der Waals surface area contributed by atoms with Gasteiger partial charge in [0.15, 0.2) is 0 Å². The normalized spacial score (nSPS) is 12.5. The average Bonchev–Trinajstić information content (AvgIpc) is 2.12. The largest absolute Gasteiger partial charge is 0.375 e. The van der Waals surface area contributed by atoms with Crippen LogP contribution in [-0.2, 0) is 4.74 Å². The first-order valence-electron chi connectivity index (χ1n) is 5.74. The summed E-state index contributed by atoms with van der Waals surface area (Å²) >= 11 is 0. The van der Waals surface area contributed by atoms with E-state index >= 15 is 0 Å². The van der Waals surface area contributed by atoms with E-state index in [1.165, 1.54) is 12.8 Å². The summed E-state index contributed by atoms with van der Waals surface area (Å²) in [5, 5.41) is 0. The predicted molar refractivity (Wildman–Crippen MR) is 59.0 cm³/mol. The molecule has 1 heteroatoms. The van der Waals surface area contributed by atoms with Crippen LogP contribution in [0.4, 0.5) is 0 Å². The summed E-state index contributed by atoms with van der Waals surface area (Å²) in [5.74, 6) is 0.790. The van der Waals surface area contributed by atoms with E-state index in [2.05, 4.69) is 34.6 Å². The van der Waals surface area contributed by atoms with E-state index in [0.717, 1.165) is 25.4 Å². The quantitative estimate of drug-likeness (QED) is 0.583. The molecule has 0 aliphatic carbocycles. The SMILES string of the molecule is CCOC(CC)(CC)CCC(C)C. The lowest BCUT2D eigenvalue weighted by molar-refractivity contribution is -0.0542. The molecule has 80 valence electrons. The Kier molecular flexibility index (Phi) is 6.40. The van der Waals surface area contributed by atoms with Crippen molar-refractivity contribution in [2.45, 2.75) is 65.9 Å². The van der Waals surface area contributed by atoms with E-state index in [9.17, 15) is 0 Å². The zero-order chi connectivity index (χ0) is 10.3. The van der Waals surface area contributed by atoms with E-state index in [1.807, 2.05) is 0 Å². The van der Waals surface area contributed by atoms with Gasteiger partial charge in [0, 0.05) is 6.61 Å². The van der Waals surface area contributed by atoms with E-state index in [-0.39, 0.29) is 5.60 Å². The van der Waals surface area contributed by atoms with E-state index in [0.29, 0.717) is 0 Å². The van der Waals surface area contributed by atoms with Crippen molar-refractivity contribution in [3.05, 3.63) is 0 Å². The van der Waals surface area contributed by atoms with Crippen LogP contribution in [0.3, 0.4) is 0 Å². The molecule has 0 radical (unpaired) electrons. The third-order valence-electron chi connectivity index (χ3n) is 2.92. The van der Waals surface area contributed by atoms with Gasteiger partial charge >= 0.3 is 0 Å². The molecule has 0 saturated carbocycles. The summed E-state index contributed by atoms with van der Waals surface area (Å²) in [6.45, 7) is 12.0. The molecule has 0 aromatic carbocycles. The predicted octanol–water partition coefficient (Wildman–Crippen LogP) is 4.02. The standard InChI is InChI=1S/C12H26O/c1-6-12(7-2,13-8-3)10-9-11(4)5/h11H,6-10H2,1-5H3. The van der Waals surface area contributed by atoms with Gasteiger partial charge in [-0.05, 0) is 38.5 Å². The molecule has 0 heterocycles. The number of ether oxygens (including phenoxy) is 1. The van der Waals surface area contributed by atoms with Crippen molar-refractivity contribution in [2.75, 3.05) is 6.61 Å². The van der Waals surface area contributed by atoms with Gasteiger partial charge in [0.2, 0.25) is 0 Å². The minimum atomic E-state index is 0.166. The van der Waals surface area contributed by atoms with E-state index in [4.69, 9.17) is 4.74 Å². The van der Waals surface area contributed by atoms with Gasteiger partial charge in [0.05, 0.1) is 5.60 Å². The molecule has 0 saturated heterocycles. The second-order valence-corrected chi connectivity index (χ2v) is 4.26. The Labute approximate surface area is 83.9 Å². The first-order valence-corrected chi connectivity index (χ1v) is 5.74. The lowest BCUT2D eigenvalue weighted by Crippen LogP contribution is -2.31. The highest BCUT2D eigenvalue weighted by Crippen LogP contribution is 2.27. The molecule has 0 aliphatic heterocycles. The van der Waals surface area contributed by atoms with Gasteiger partial charge in [-0.1, -0.05) is 27.7 Å².